The summed E-state index contributed by atoms with van der Waals surface area (Å²) in [5.74, 6) is 1.75. The van der Waals surface area contributed by atoms with Gasteiger partial charge in [-0.15, -0.1) is 0 Å². The second kappa shape index (κ2) is 6.62. The zero-order valence-electron chi connectivity index (χ0n) is 10.1. The van der Waals surface area contributed by atoms with Crippen LogP contribution >= 0.6 is 0 Å². The van der Waals surface area contributed by atoms with Crippen LogP contribution in [0.3, 0.4) is 0 Å². The molecule has 1 unspecified atom stereocenters. The van der Waals surface area contributed by atoms with Crippen LogP contribution in [0.2, 0.25) is 0 Å². The van der Waals surface area contributed by atoms with Gasteiger partial charge in [-0.05, 0) is 31.0 Å². The van der Waals surface area contributed by atoms with Gasteiger partial charge < -0.3 is 15.2 Å². The van der Waals surface area contributed by atoms with Gasteiger partial charge in [-0.1, -0.05) is 31.0 Å². The highest BCUT2D eigenvalue weighted by atomic mass is 16.5. The molecular weight excluding hydrogens is 214 g/mol. The normalized spacial score (nSPS) is 16.8. The molecule has 1 aliphatic rings. The summed E-state index contributed by atoms with van der Waals surface area (Å²) in [6.07, 6.45) is 3.59. The number of rotatable bonds is 8. The van der Waals surface area contributed by atoms with Crippen molar-refractivity contribution >= 4 is 0 Å². The summed E-state index contributed by atoms with van der Waals surface area (Å²) < 4.78 is 5.47. The van der Waals surface area contributed by atoms with Crippen molar-refractivity contribution in [2.75, 3.05) is 19.7 Å². The van der Waals surface area contributed by atoms with Crippen LogP contribution in [-0.2, 0) is 0 Å². The minimum absolute atomic E-state index is 0.348. The van der Waals surface area contributed by atoms with Gasteiger partial charge in [0.1, 0.15) is 18.5 Å². The van der Waals surface area contributed by atoms with Crippen molar-refractivity contribution in [2.24, 2.45) is 5.92 Å². The Morgan fingerprint density at radius 1 is 1.29 bits per heavy atom. The molecule has 94 valence electrons. The fourth-order valence-corrected chi connectivity index (χ4v) is 1.75. The lowest BCUT2D eigenvalue weighted by Gasteiger charge is -2.13. The second-order valence-corrected chi connectivity index (χ2v) is 4.71. The molecule has 0 radical (unpaired) electrons. The molecule has 0 saturated heterocycles. The lowest BCUT2D eigenvalue weighted by Crippen LogP contribution is -2.32. The van der Waals surface area contributed by atoms with Crippen molar-refractivity contribution in [2.45, 2.75) is 25.4 Å². The van der Waals surface area contributed by atoms with Gasteiger partial charge in [-0.3, -0.25) is 0 Å². The Hall–Kier alpha value is -1.06. The third kappa shape index (κ3) is 5.20. The van der Waals surface area contributed by atoms with E-state index in [1.165, 1.54) is 19.3 Å². The SMILES string of the molecule is OC(CNCCC1CC1)COc1ccccc1. The predicted octanol–water partition coefficient (Wildman–Crippen LogP) is 1.82. The van der Waals surface area contributed by atoms with E-state index < -0.39 is 6.10 Å². The first-order valence-corrected chi connectivity index (χ1v) is 6.41. The molecule has 1 aromatic carbocycles. The Kier molecular flexibility index (Phi) is 4.83. The zero-order chi connectivity index (χ0) is 11.9. The monoisotopic (exact) mass is 235 g/mol. The smallest absolute Gasteiger partial charge is 0.119 e. The van der Waals surface area contributed by atoms with E-state index in [1.54, 1.807) is 0 Å². The average molecular weight is 235 g/mol. The van der Waals surface area contributed by atoms with Gasteiger partial charge in [0.15, 0.2) is 0 Å². The maximum absolute atomic E-state index is 9.70. The molecule has 0 aliphatic heterocycles. The first-order valence-electron chi connectivity index (χ1n) is 6.41. The lowest BCUT2D eigenvalue weighted by molar-refractivity contribution is 0.106. The highest BCUT2D eigenvalue weighted by molar-refractivity contribution is 5.20. The molecule has 3 nitrogen and oxygen atoms in total. The van der Waals surface area contributed by atoms with Gasteiger partial charge in [0.2, 0.25) is 0 Å². The quantitative estimate of drug-likeness (QED) is 0.675. The van der Waals surface area contributed by atoms with E-state index in [0.717, 1.165) is 18.2 Å². The minimum Gasteiger partial charge on any atom is -0.491 e. The Morgan fingerprint density at radius 2 is 2.06 bits per heavy atom. The first kappa shape index (κ1) is 12.4. The summed E-state index contributed by atoms with van der Waals surface area (Å²) in [5.41, 5.74) is 0. The van der Waals surface area contributed by atoms with Crippen molar-refractivity contribution in [3.05, 3.63) is 30.3 Å². The summed E-state index contributed by atoms with van der Waals surface area (Å²) in [6.45, 7) is 1.97. The highest BCUT2D eigenvalue weighted by Gasteiger charge is 2.20. The van der Waals surface area contributed by atoms with E-state index in [0.29, 0.717) is 13.2 Å². The summed E-state index contributed by atoms with van der Waals surface area (Å²) in [4.78, 5) is 0. The Balaban J connectivity index is 1.52. The molecule has 0 bridgehead atoms. The van der Waals surface area contributed by atoms with Gasteiger partial charge in [0, 0.05) is 6.54 Å². The topological polar surface area (TPSA) is 41.5 Å². The van der Waals surface area contributed by atoms with E-state index in [4.69, 9.17) is 4.74 Å². The summed E-state index contributed by atoms with van der Waals surface area (Å²) in [6, 6.07) is 9.59. The number of aliphatic hydroxyl groups excluding tert-OH is 1. The summed E-state index contributed by atoms with van der Waals surface area (Å²) in [7, 11) is 0. The molecule has 1 aromatic rings. The molecule has 1 atom stereocenters. The molecule has 2 rings (SSSR count). The predicted molar refractivity (Wildman–Crippen MR) is 68.2 cm³/mol. The van der Waals surface area contributed by atoms with Crippen LogP contribution in [0.25, 0.3) is 0 Å². The van der Waals surface area contributed by atoms with Crippen LogP contribution in [-0.4, -0.2) is 30.9 Å². The number of benzene rings is 1. The van der Waals surface area contributed by atoms with Crippen molar-refractivity contribution < 1.29 is 9.84 Å². The number of aliphatic hydroxyl groups is 1. The largest absolute Gasteiger partial charge is 0.491 e. The molecule has 0 aromatic heterocycles. The third-order valence-corrected chi connectivity index (χ3v) is 2.99. The molecule has 3 heteroatoms. The van der Waals surface area contributed by atoms with E-state index in [1.807, 2.05) is 30.3 Å². The fraction of sp³-hybridized carbons (Fsp3) is 0.571. The Bertz CT molecular complexity index is 311. The molecule has 0 amide bonds. The van der Waals surface area contributed by atoms with Gasteiger partial charge in [0.05, 0.1) is 0 Å². The molecule has 0 spiro atoms. The van der Waals surface area contributed by atoms with Crippen LogP contribution in [0.15, 0.2) is 30.3 Å². The molecule has 17 heavy (non-hydrogen) atoms. The lowest BCUT2D eigenvalue weighted by atomic mass is 10.3. The standard InChI is InChI=1S/C14H21NO2/c16-13(10-15-9-8-12-6-7-12)11-17-14-4-2-1-3-5-14/h1-5,12-13,15-16H,6-11H2. The number of hydrogen-bond donors (Lipinski definition) is 2. The van der Waals surface area contributed by atoms with Crippen LogP contribution in [0.1, 0.15) is 19.3 Å². The molecule has 1 fully saturated rings. The van der Waals surface area contributed by atoms with Gasteiger partial charge in [-0.25, -0.2) is 0 Å². The van der Waals surface area contributed by atoms with Crippen molar-refractivity contribution in [3.8, 4) is 5.75 Å². The molecule has 1 aliphatic carbocycles. The molecule has 2 N–H and O–H groups in total. The van der Waals surface area contributed by atoms with E-state index in [-0.39, 0.29) is 0 Å². The fourth-order valence-electron chi connectivity index (χ4n) is 1.75. The Labute approximate surface area is 103 Å². The summed E-state index contributed by atoms with van der Waals surface area (Å²) >= 11 is 0. The summed E-state index contributed by atoms with van der Waals surface area (Å²) in [5, 5.41) is 13.0. The van der Waals surface area contributed by atoms with E-state index in [2.05, 4.69) is 5.32 Å². The maximum Gasteiger partial charge on any atom is 0.119 e. The molecule has 0 heterocycles. The van der Waals surface area contributed by atoms with Crippen LogP contribution in [0.4, 0.5) is 0 Å². The average Bonchev–Trinajstić information content (AvgIpc) is 3.17. The van der Waals surface area contributed by atoms with Crippen LogP contribution in [0, 0.1) is 5.92 Å². The van der Waals surface area contributed by atoms with Crippen molar-refractivity contribution in [1.29, 1.82) is 0 Å². The molecule has 1 saturated carbocycles. The van der Waals surface area contributed by atoms with Crippen molar-refractivity contribution in [3.63, 3.8) is 0 Å². The van der Waals surface area contributed by atoms with Gasteiger partial charge in [0.25, 0.3) is 0 Å². The third-order valence-electron chi connectivity index (χ3n) is 2.99. The first-order chi connectivity index (χ1) is 8.34. The Morgan fingerprint density at radius 3 is 2.76 bits per heavy atom. The number of ether oxygens (including phenoxy) is 1. The number of para-hydroxylation sites is 1. The molecular formula is C14H21NO2. The van der Waals surface area contributed by atoms with E-state index in [9.17, 15) is 5.11 Å². The minimum atomic E-state index is -0.436. The van der Waals surface area contributed by atoms with Crippen LogP contribution in [0.5, 0.6) is 5.75 Å². The van der Waals surface area contributed by atoms with E-state index >= 15 is 0 Å². The number of hydrogen-bond acceptors (Lipinski definition) is 3. The van der Waals surface area contributed by atoms with Gasteiger partial charge in [-0.2, -0.15) is 0 Å². The second-order valence-electron chi connectivity index (χ2n) is 4.71. The van der Waals surface area contributed by atoms with Crippen LogP contribution < -0.4 is 10.1 Å². The number of nitrogens with one attached hydrogen (secondary N) is 1. The van der Waals surface area contributed by atoms with Gasteiger partial charge >= 0.3 is 0 Å². The maximum atomic E-state index is 9.70. The highest BCUT2D eigenvalue weighted by Crippen LogP contribution is 2.31. The van der Waals surface area contributed by atoms with Crippen molar-refractivity contribution in [1.82, 2.24) is 5.32 Å². The zero-order valence-corrected chi connectivity index (χ0v) is 10.1.